The van der Waals surface area contributed by atoms with Gasteiger partial charge < -0.3 is 15.0 Å². The molecule has 1 unspecified atom stereocenters. The van der Waals surface area contributed by atoms with Gasteiger partial charge >= 0.3 is 12.0 Å². The van der Waals surface area contributed by atoms with Gasteiger partial charge in [-0.25, -0.2) is 4.79 Å². The minimum atomic E-state index is -0.294. The van der Waals surface area contributed by atoms with Crippen LogP contribution in [0.25, 0.3) is 0 Å². The zero-order valence-corrected chi connectivity index (χ0v) is 11.6. The second kappa shape index (κ2) is 7.24. The summed E-state index contributed by atoms with van der Waals surface area (Å²) >= 11 is 0. The molecular formula is C13H24N2O3. The van der Waals surface area contributed by atoms with Gasteiger partial charge in [-0.3, -0.25) is 4.79 Å². The molecule has 0 spiro atoms. The van der Waals surface area contributed by atoms with Crippen LogP contribution in [0.4, 0.5) is 4.79 Å². The number of nitrogens with zero attached hydrogens (tertiary/aromatic N) is 1. The van der Waals surface area contributed by atoms with Crippen LogP contribution in [0.2, 0.25) is 0 Å². The fourth-order valence-corrected chi connectivity index (χ4v) is 2.30. The van der Waals surface area contributed by atoms with Crippen molar-refractivity contribution in [1.82, 2.24) is 10.2 Å². The van der Waals surface area contributed by atoms with E-state index in [-0.39, 0.29) is 17.9 Å². The van der Waals surface area contributed by atoms with Crippen LogP contribution in [0.1, 0.15) is 39.0 Å². The molecule has 1 atom stereocenters. The lowest BCUT2D eigenvalue weighted by Gasteiger charge is -2.27. The molecule has 1 aliphatic carbocycles. The summed E-state index contributed by atoms with van der Waals surface area (Å²) in [6.45, 7) is 2.14. The molecule has 18 heavy (non-hydrogen) atoms. The van der Waals surface area contributed by atoms with E-state index in [1.54, 1.807) is 18.9 Å². The maximum atomic E-state index is 11.9. The summed E-state index contributed by atoms with van der Waals surface area (Å²) in [5.74, 6) is -0.579. The number of nitrogens with one attached hydrogen (secondary N) is 1. The Morgan fingerprint density at radius 1 is 1.33 bits per heavy atom. The third-order valence-electron chi connectivity index (χ3n) is 3.43. The summed E-state index contributed by atoms with van der Waals surface area (Å²) in [6, 6.07) is 0.194. The molecule has 1 aliphatic rings. The van der Waals surface area contributed by atoms with Crippen molar-refractivity contribution in [2.24, 2.45) is 5.92 Å². The Morgan fingerprint density at radius 3 is 2.50 bits per heavy atom. The summed E-state index contributed by atoms with van der Waals surface area (Å²) in [4.78, 5) is 24.8. The van der Waals surface area contributed by atoms with Crippen molar-refractivity contribution in [3.63, 3.8) is 0 Å². The average Bonchev–Trinajstić information content (AvgIpc) is 2.38. The van der Waals surface area contributed by atoms with Gasteiger partial charge in [0.1, 0.15) is 0 Å². The molecule has 1 fully saturated rings. The van der Waals surface area contributed by atoms with Crippen molar-refractivity contribution >= 4 is 12.0 Å². The Morgan fingerprint density at radius 2 is 1.94 bits per heavy atom. The topological polar surface area (TPSA) is 58.6 Å². The number of hydrogen-bond donors (Lipinski definition) is 1. The van der Waals surface area contributed by atoms with Crippen LogP contribution in [0, 0.1) is 5.92 Å². The van der Waals surface area contributed by atoms with Crippen LogP contribution in [0.5, 0.6) is 0 Å². The number of methoxy groups -OCH3 is 1. The largest absolute Gasteiger partial charge is 0.469 e. The Bertz CT molecular complexity index is 288. The molecule has 0 aromatic carbocycles. The van der Waals surface area contributed by atoms with E-state index in [9.17, 15) is 9.59 Å². The Kier molecular flexibility index (Phi) is 5.95. The highest BCUT2D eigenvalue weighted by atomic mass is 16.5. The fourth-order valence-electron chi connectivity index (χ4n) is 2.30. The zero-order valence-electron chi connectivity index (χ0n) is 11.6. The molecule has 0 aromatic heterocycles. The number of hydrogen-bond acceptors (Lipinski definition) is 3. The molecule has 0 heterocycles. The lowest BCUT2D eigenvalue weighted by atomic mass is 9.96. The summed E-state index contributed by atoms with van der Waals surface area (Å²) in [7, 11) is 3.07. The number of carbonyl (C=O) groups is 2. The minimum absolute atomic E-state index is 0.0994. The molecule has 5 nitrogen and oxygen atoms in total. The van der Waals surface area contributed by atoms with E-state index in [1.165, 1.54) is 26.4 Å². The number of ether oxygens (including phenoxy) is 1. The second-order valence-electron chi connectivity index (χ2n) is 5.09. The Labute approximate surface area is 109 Å². The van der Waals surface area contributed by atoms with Crippen molar-refractivity contribution in [3.05, 3.63) is 0 Å². The molecule has 0 saturated heterocycles. The van der Waals surface area contributed by atoms with E-state index >= 15 is 0 Å². The number of esters is 1. The van der Waals surface area contributed by atoms with Gasteiger partial charge in [0.25, 0.3) is 0 Å². The molecule has 1 N–H and O–H groups in total. The van der Waals surface area contributed by atoms with Gasteiger partial charge in [0.2, 0.25) is 0 Å². The number of rotatable bonds is 4. The van der Waals surface area contributed by atoms with Crippen LogP contribution in [0.15, 0.2) is 0 Å². The van der Waals surface area contributed by atoms with Crippen molar-refractivity contribution < 1.29 is 14.3 Å². The Hall–Kier alpha value is -1.26. The number of carbonyl (C=O) groups excluding carboxylic acids is 2. The molecule has 0 radical (unpaired) electrons. The highest BCUT2D eigenvalue weighted by Crippen LogP contribution is 2.17. The van der Waals surface area contributed by atoms with E-state index in [0.717, 1.165) is 12.8 Å². The molecule has 0 aliphatic heterocycles. The summed E-state index contributed by atoms with van der Waals surface area (Å²) in [5.41, 5.74) is 0. The van der Waals surface area contributed by atoms with Crippen molar-refractivity contribution in [2.45, 2.75) is 45.1 Å². The summed E-state index contributed by atoms with van der Waals surface area (Å²) in [6.07, 6.45) is 5.76. The van der Waals surface area contributed by atoms with Gasteiger partial charge in [-0.05, 0) is 12.8 Å². The lowest BCUT2D eigenvalue weighted by molar-refractivity contribution is -0.145. The Balaban J connectivity index is 2.33. The fraction of sp³-hybridized carbons (Fsp3) is 0.846. The lowest BCUT2D eigenvalue weighted by Crippen LogP contribution is -2.45. The van der Waals surface area contributed by atoms with Gasteiger partial charge in [-0.1, -0.05) is 26.2 Å². The smallest absolute Gasteiger partial charge is 0.317 e. The monoisotopic (exact) mass is 256 g/mol. The first-order valence-corrected chi connectivity index (χ1v) is 6.64. The number of urea groups is 1. The van der Waals surface area contributed by atoms with Crippen LogP contribution >= 0.6 is 0 Å². The van der Waals surface area contributed by atoms with Crippen LogP contribution in [-0.4, -0.2) is 43.6 Å². The SMILES string of the molecule is COC(=O)C(C)CN(C)C(=O)NC1CCCCC1. The quantitative estimate of drug-likeness (QED) is 0.780. The van der Waals surface area contributed by atoms with Crippen molar-refractivity contribution in [1.29, 1.82) is 0 Å². The van der Waals surface area contributed by atoms with Crippen molar-refractivity contribution in [2.75, 3.05) is 20.7 Å². The molecule has 1 rings (SSSR count). The van der Waals surface area contributed by atoms with Crippen molar-refractivity contribution in [3.8, 4) is 0 Å². The van der Waals surface area contributed by atoms with Crippen LogP contribution in [0.3, 0.4) is 0 Å². The van der Waals surface area contributed by atoms with Crippen LogP contribution in [-0.2, 0) is 9.53 Å². The first-order valence-electron chi connectivity index (χ1n) is 6.64. The van der Waals surface area contributed by atoms with Crippen LogP contribution < -0.4 is 5.32 Å². The third kappa shape index (κ3) is 4.55. The predicted molar refractivity (Wildman–Crippen MR) is 69.2 cm³/mol. The second-order valence-corrected chi connectivity index (χ2v) is 5.09. The first-order chi connectivity index (χ1) is 8.54. The highest BCUT2D eigenvalue weighted by molar-refractivity contribution is 5.76. The van der Waals surface area contributed by atoms with Gasteiger partial charge in [0, 0.05) is 19.6 Å². The molecular weight excluding hydrogens is 232 g/mol. The zero-order chi connectivity index (χ0) is 13.5. The van der Waals surface area contributed by atoms with E-state index in [4.69, 9.17) is 0 Å². The molecule has 0 aromatic rings. The van der Waals surface area contributed by atoms with Gasteiger partial charge in [0.05, 0.1) is 13.0 Å². The average molecular weight is 256 g/mol. The predicted octanol–water partition coefficient (Wildman–Crippen LogP) is 1.77. The van der Waals surface area contributed by atoms with E-state index < -0.39 is 0 Å². The van der Waals surface area contributed by atoms with Gasteiger partial charge in [0.15, 0.2) is 0 Å². The first kappa shape index (κ1) is 14.8. The highest BCUT2D eigenvalue weighted by Gasteiger charge is 2.21. The molecule has 2 amide bonds. The molecule has 104 valence electrons. The maximum absolute atomic E-state index is 11.9. The van der Waals surface area contributed by atoms with E-state index in [0.29, 0.717) is 12.6 Å². The maximum Gasteiger partial charge on any atom is 0.317 e. The standard InChI is InChI=1S/C13H24N2O3/c1-10(12(16)18-3)9-15(2)13(17)14-11-7-5-4-6-8-11/h10-11H,4-9H2,1-3H3,(H,14,17). The van der Waals surface area contributed by atoms with Gasteiger partial charge in [-0.2, -0.15) is 0 Å². The summed E-state index contributed by atoms with van der Waals surface area (Å²) in [5, 5.41) is 3.02. The summed E-state index contributed by atoms with van der Waals surface area (Å²) < 4.78 is 4.65. The minimum Gasteiger partial charge on any atom is -0.469 e. The number of amides is 2. The normalized spacial score (nSPS) is 17.9. The molecule has 0 bridgehead atoms. The van der Waals surface area contributed by atoms with Gasteiger partial charge in [-0.15, -0.1) is 0 Å². The molecule has 5 heteroatoms. The van der Waals surface area contributed by atoms with E-state index in [2.05, 4.69) is 10.1 Å². The third-order valence-corrected chi connectivity index (χ3v) is 3.43. The van der Waals surface area contributed by atoms with E-state index in [1.807, 2.05) is 0 Å². The molecule has 1 saturated carbocycles.